The van der Waals surface area contributed by atoms with Gasteiger partial charge in [0.1, 0.15) is 0 Å². The monoisotopic (exact) mass is 328 g/mol. The van der Waals surface area contributed by atoms with E-state index in [1.807, 2.05) is 65.4 Å². The first-order valence-electron chi connectivity index (χ1n) is 8.02. The Morgan fingerprint density at radius 2 is 1.76 bits per heavy atom. The van der Waals surface area contributed by atoms with E-state index in [0.29, 0.717) is 18.1 Å². The second-order valence-corrected chi connectivity index (χ2v) is 5.68. The van der Waals surface area contributed by atoms with Gasteiger partial charge in [-0.2, -0.15) is 0 Å². The molecule has 0 aliphatic carbocycles. The summed E-state index contributed by atoms with van der Waals surface area (Å²) in [6, 6.07) is 19.2. The normalized spacial score (nSPS) is 10.7. The number of hydrogen-bond acceptors (Lipinski definition) is 3. The van der Waals surface area contributed by atoms with Gasteiger partial charge in [-0.25, -0.2) is 9.97 Å². The van der Waals surface area contributed by atoms with Gasteiger partial charge in [0.25, 0.3) is 5.91 Å². The first kappa shape index (κ1) is 15.1. The second kappa shape index (κ2) is 6.57. The van der Waals surface area contributed by atoms with E-state index < -0.39 is 0 Å². The maximum atomic E-state index is 12.4. The quantitative estimate of drug-likeness (QED) is 0.625. The Morgan fingerprint density at radius 1 is 0.960 bits per heavy atom. The van der Waals surface area contributed by atoms with E-state index >= 15 is 0 Å². The summed E-state index contributed by atoms with van der Waals surface area (Å²) in [5, 5.41) is 3.92. The van der Waals surface area contributed by atoms with E-state index in [9.17, 15) is 4.79 Å². The van der Waals surface area contributed by atoms with Gasteiger partial charge >= 0.3 is 0 Å². The molecule has 4 aromatic rings. The molecule has 1 amide bonds. The summed E-state index contributed by atoms with van der Waals surface area (Å²) in [5.74, 6) is 0.522. The number of nitrogens with zero attached hydrogens (tertiary/aromatic N) is 3. The van der Waals surface area contributed by atoms with Gasteiger partial charge < -0.3 is 5.32 Å². The molecule has 25 heavy (non-hydrogen) atoms. The third-order valence-electron chi connectivity index (χ3n) is 4.02. The van der Waals surface area contributed by atoms with Gasteiger partial charge in [-0.3, -0.25) is 9.36 Å². The Morgan fingerprint density at radius 3 is 2.56 bits per heavy atom. The number of hydrogen-bond donors (Lipinski definition) is 1. The van der Waals surface area contributed by atoms with Crippen LogP contribution in [0.5, 0.6) is 0 Å². The lowest BCUT2D eigenvalue weighted by atomic mass is 10.1. The summed E-state index contributed by atoms with van der Waals surface area (Å²) in [7, 11) is 0. The number of carbonyl (C=O) groups is 1. The molecule has 0 aliphatic rings. The number of rotatable bonds is 4. The fraction of sp³-hybridized carbons (Fsp3) is 0.0500. The van der Waals surface area contributed by atoms with Crippen LogP contribution in [0, 0.1) is 0 Å². The number of aromatic nitrogens is 3. The van der Waals surface area contributed by atoms with E-state index in [0.717, 1.165) is 16.5 Å². The van der Waals surface area contributed by atoms with Crippen LogP contribution < -0.4 is 5.32 Å². The Labute approximate surface area is 145 Å². The molecular weight excluding hydrogens is 312 g/mol. The molecule has 0 atom stereocenters. The van der Waals surface area contributed by atoms with Gasteiger partial charge in [0.05, 0.1) is 5.52 Å². The van der Waals surface area contributed by atoms with Crippen molar-refractivity contribution in [2.24, 2.45) is 0 Å². The highest BCUT2D eigenvalue weighted by Gasteiger charge is 2.10. The number of carbonyl (C=O) groups excluding carboxylic acids is 1. The molecule has 122 valence electrons. The van der Waals surface area contributed by atoms with E-state index in [-0.39, 0.29) is 5.91 Å². The van der Waals surface area contributed by atoms with Crippen LogP contribution in [-0.4, -0.2) is 20.4 Å². The number of benzene rings is 2. The Bertz CT molecular complexity index is 1010. The van der Waals surface area contributed by atoms with Crippen LogP contribution in [-0.2, 0) is 6.54 Å². The van der Waals surface area contributed by atoms with Crippen molar-refractivity contribution in [2.45, 2.75) is 6.54 Å². The van der Waals surface area contributed by atoms with Crippen LogP contribution in [0.3, 0.4) is 0 Å². The predicted octanol–water partition coefficient (Wildman–Crippen LogP) is 3.35. The highest BCUT2D eigenvalue weighted by molar-refractivity contribution is 5.98. The summed E-state index contributed by atoms with van der Waals surface area (Å²) in [6.45, 7) is 0.510. The largest absolute Gasteiger partial charge is 0.348 e. The minimum Gasteiger partial charge on any atom is -0.348 e. The van der Waals surface area contributed by atoms with Gasteiger partial charge in [0, 0.05) is 36.1 Å². The standard InChI is InChI=1S/C20H16N4O/c25-19(23-14-15-5-2-1-3-6-15)17-7-8-18-16(13-17)9-12-24(18)20-21-10-4-11-22-20/h1-13H,14H2,(H,23,25). The van der Waals surface area contributed by atoms with E-state index in [1.165, 1.54) is 0 Å². The second-order valence-electron chi connectivity index (χ2n) is 5.68. The van der Waals surface area contributed by atoms with Crippen LogP contribution in [0.2, 0.25) is 0 Å². The van der Waals surface area contributed by atoms with Crippen LogP contribution in [0.4, 0.5) is 0 Å². The minimum absolute atomic E-state index is 0.0885. The zero-order valence-corrected chi connectivity index (χ0v) is 13.5. The van der Waals surface area contributed by atoms with Crippen molar-refractivity contribution in [3.05, 3.63) is 90.4 Å². The van der Waals surface area contributed by atoms with Gasteiger partial charge in [-0.05, 0) is 35.9 Å². The van der Waals surface area contributed by atoms with E-state index in [1.54, 1.807) is 18.5 Å². The van der Waals surface area contributed by atoms with Crippen molar-refractivity contribution in [2.75, 3.05) is 0 Å². The summed E-state index contributed by atoms with van der Waals surface area (Å²) >= 11 is 0. The van der Waals surface area contributed by atoms with Crippen molar-refractivity contribution >= 4 is 16.8 Å². The van der Waals surface area contributed by atoms with Crippen LogP contribution in [0.25, 0.3) is 16.9 Å². The van der Waals surface area contributed by atoms with Crippen LogP contribution in [0.15, 0.2) is 79.3 Å². The van der Waals surface area contributed by atoms with Crippen molar-refractivity contribution in [3.63, 3.8) is 0 Å². The Balaban J connectivity index is 1.56. The highest BCUT2D eigenvalue weighted by atomic mass is 16.1. The topological polar surface area (TPSA) is 59.8 Å². The summed E-state index contributed by atoms with van der Waals surface area (Å²) < 4.78 is 1.90. The molecule has 0 spiro atoms. The highest BCUT2D eigenvalue weighted by Crippen LogP contribution is 2.20. The number of amides is 1. The predicted molar refractivity (Wildman–Crippen MR) is 96.5 cm³/mol. The smallest absolute Gasteiger partial charge is 0.251 e. The molecule has 0 fully saturated rings. The number of nitrogens with one attached hydrogen (secondary N) is 1. The average Bonchev–Trinajstić information content (AvgIpc) is 3.11. The summed E-state index contributed by atoms with van der Waals surface area (Å²) in [5.41, 5.74) is 2.67. The Hall–Kier alpha value is -3.47. The lowest BCUT2D eigenvalue weighted by Gasteiger charge is -2.06. The SMILES string of the molecule is O=C(NCc1ccccc1)c1ccc2c(ccn2-c2ncccn2)c1. The maximum absolute atomic E-state index is 12.4. The molecule has 4 rings (SSSR count). The minimum atomic E-state index is -0.0885. The molecule has 2 heterocycles. The molecule has 2 aromatic heterocycles. The molecule has 0 unspecified atom stereocenters. The third kappa shape index (κ3) is 3.12. The van der Waals surface area contributed by atoms with Crippen molar-refractivity contribution < 1.29 is 4.79 Å². The van der Waals surface area contributed by atoms with Crippen LogP contribution >= 0.6 is 0 Å². The molecule has 5 heteroatoms. The molecular formula is C20H16N4O. The average molecular weight is 328 g/mol. The van der Waals surface area contributed by atoms with E-state index in [2.05, 4.69) is 15.3 Å². The third-order valence-corrected chi connectivity index (χ3v) is 4.02. The summed E-state index contributed by atoms with van der Waals surface area (Å²) in [6.07, 6.45) is 5.32. The zero-order chi connectivity index (χ0) is 17.1. The van der Waals surface area contributed by atoms with Crippen molar-refractivity contribution in [1.29, 1.82) is 0 Å². The Kier molecular flexibility index (Phi) is 3.96. The van der Waals surface area contributed by atoms with E-state index in [4.69, 9.17) is 0 Å². The van der Waals surface area contributed by atoms with Gasteiger partial charge in [0.15, 0.2) is 0 Å². The fourth-order valence-electron chi connectivity index (χ4n) is 2.75. The molecule has 1 N–H and O–H groups in total. The number of fused-ring (bicyclic) bond motifs is 1. The lowest BCUT2D eigenvalue weighted by Crippen LogP contribution is -2.22. The van der Waals surface area contributed by atoms with Gasteiger partial charge in [0.2, 0.25) is 5.95 Å². The first-order valence-corrected chi connectivity index (χ1v) is 8.02. The summed E-state index contributed by atoms with van der Waals surface area (Å²) in [4.78, 5) is 20.9. The van der Waals surface area contributed by atoms with Crippen molar-refractivity contribution in [1.82, 2.24) is 19.9 Å². The first-order chi connectivity index (χ1) is 12.3. The molecule has 0 aliphatic heterocycles. The van der Waals surface area contributed by atoms with Gasteiger partial charge in [-0.15, -0.1) is 0 Å². The molecule has 0 radical (unpaired) electrons. The fourth-order valence-corrected chi connectivity index (χ4v) is 2.75. The molecule has 0 saturated carbocycles. The maximum Gasteiger partial charge on any atom is 0.251 e. The molecule has 0 saturated heterocycles. The van der Waals surface area contributed by atoms with Gasteiger partial charge in [-0.1, -0.05) is 30.3 Å². The van der Waals surface area contributed by atoms with Crippen LogP contribution in [0.1, 0.15) is 15.9 Å². The molecule has 0 bridgehead atoms. The molecule has 5 nitrogen and oxygen atoms in total. The van der Waals surface area contributed by atoms with Crippen molar-refractivity contribution in [3.8, 4) is 5.95 Å². The molecule has 2 aromatic carbocycles. The lowest BCUT2D eigenvalue weighted by molar-refractivity contribution is 0.0951. The zero-order valence-electron chi connectivity index (χ0n) is 13.5.